The van der Waals surface area contributed by atoms with Crippen LogP contribution in [0.5, 0.6) is 0 Å². The molecule has 0 aromatic rings. The van der Waals surface area contributed by atoms with Crippen LogP contribution in [0.3, 0.4) is 0 Å². The average Bonchev–Trinajstić information content (AvgIpc) is 2.56. The average molecular weight is 286 g/mol. The van der Waals surface area contributed by atoms with Gasteiger partial charge in [-0.05, 0) is 12.8 Å². The zero-order chi connectivity index (χ0) is 12.3. The monoisotopic (exact) mass is 286 g/mol. The first-order valence-corrected chi connectivity index (χ1v) is 7.74. The van der Waals surface area contributed by atoms with Crippen LogP contribution in [0.4, 0.5) is 0 Å². The van der Waals surface area contributed by atoms with Gasteiger partial charge in [0.2, 0.25) is 0 Å². The highest BCUT2D eigenvalue weighted by Gasteiger charge is 2.50. The third-order valence-corrected chi connectivity index (χ3v) is 4.93. The molecule has 0 amide bonds. The lowest BCUT2D eigenvalue weighted by Gasteiger charge is -2.12. The zero-order valence-electron chi connectivity index (χ0n) is 8.51. The molecular weight excluding hydrogens is 276 g/mol. The minimum Gasteiger partial charge on any atom is -0.242 e. The van der Waals surface area contributed by atoms with Gasteiger partial charge in [-0.25, -0.2) is 16.7 Å². The van der Waals surface area contributed by atoms with Gasteiger partial charge in [0.1, 0.15) is 24.4 Å². The third kappa shape index (κ3) is 2.20. The number of fused-ring (bicyclic) bond motifs is 2. The molecule has 1 aliphatic carbocycles. The van der Waals surface area contributed by atoms with E-state index in [0.29, 0.717) is 12.8 Å². The molecule has 1 saturated carbocycles. The van der Waals surface area contributed by atoms with Crippen molar-refractivity contribution >= 4 is 20.8 Å². The Morgan fingerprint density at radius 3 is 1.41 bits per heavy atom. The van der Waals surface area contributed by atoms with E-state index in [4.69, 9.17) is 16.7 Å². The fourth-order valence-corrected chi connectivity index (χ4v) is 4.45. The summed E-state index contributed by atoms with van der Waals surface area (Å²) in [6.45, 7) is 0. The summed E-state index contributed by atoms with van der Waals surface area (Å²) in [5.41, 5.74) is 0. The van der Waals surface area contributed by atoms with Crippen LogP contribution in [0.1, 0.15) is 19.3 Å². The molecule has 98 valence electrons. The van der Waals surface area contributed by atoms with E-state index in [2.05, 4.69) is 0 Å². The normalized spacial score (nSPS) is 47.1. The fraction of sp³-hybridized carbons (Fsp3) is 1.00. The largest absolute Gasteiger partial charge is 0.400 e. The van der Waals surface area contributed by atoms with Crippen LogP contribution in [0.25, 0.3) is 0 Å². The van der Waals surface area contributed by atoms with Crippen molar-refractivity contribution < 1.29 is 33.6 Å². The van der Waals surface area contributed by atoms with Gasteiger partial charge in [-0.15, -0.1) is 0 Å². The maximum absolute atomic E-state index is 11.1. The highest BCUT2D eigenvalue weighted by atomic mass is 32.3. The molecule has 3 fully saturated rings. The molecule has 8 nitrogen and oxygen atoms in total. The Labute approximate surface area is 98.5 Å². The molecule has 0 aromatic carbocycles. The summed E-state index contributed by atoms with van der Waals surface area (Å²) in [7, 11) is -7.90. The second-order valence-corrected chi connectivity index (χ2v) is 6.57. The molecule has 3 aliphatic rings. The Morgan fingerprint density at radius 2 is 1.00 bits per heavy atom. The quantitative estimate of drug-likeness (QED) is 0.571. The van der Waals surface area contributed by atoms with Crippen molar-refractivity contribution in [1.29, 1.82) is 0 Å². The van der Waals surface area contributed by atoms with E-state index in [-0.39, 0.29) is 6.42 Å². The summed E-state index contributed by atoms with van der Waals surface area (Å²) in [5.74, 6) is 0. The van der Waals surface area contributed by atoms with Crippen molar-refractivity contribution in [3.8, 4) is 0 Å². The van der Waals surface area contributed by atoms with Crippen molar-refractivity contribution in [2.24, 2.45) is 0 Å². The fourth-order valence-electron chi connectivity index (χ4n) is 2.31. The maximum Gasteiger partial charge on any atom is 0.400 e. The molecule has 0 N–H and O–H groups in total. The molecule has 0 bridgehead atoms. The van der Waals surface area contributed by atoms with Crippen LogP contribution in [0, 0.1) is 0 Å². The minimum atomic E-state index is -3.95. The van der Waals surface area contributed by atoms with E-state index in [1.165, 1.54) is 0 Å². The molecule has 10 heteroatoms. The first-order valence-electron chi connectivity index (χ1n) is 5.08. The summed E-state index contributed by atoms with van der Waals surface area (Å²) in [5, 5.41) is 0. The highest BCUT2D eigenvalue weighted by Crippen LogP contribution is 2.37. The predicted octanol–water partition coefficient (Wildman–Crippen LogP) is -0.772. The smallest absolute Gasteiger partial charge is 0.242 e. The second kappa shape index (κ2) is 3.62. The van der Waals surface area contributed by atoms with Gasteiger partial charge < -0.3 is 0 Å². The van der Waals surface area contributed by atoms with Gasteiger partial charge in [-0.1, -0.05) is 0 Å². The Balaban J connectivity index is 1.82. The standard InChI is InChI=1S/C7H10O8S2/c8-16(9)12-4-1-2-5-7(3-6(4)14-16)15-17(10,11)13-5/h4-7H,1-3H2. The number of hydrogen-bond acceptors (Lipinski definition) is 8. The molecule has 0 radical (unpaired) electrons. The minimum absolute atomic E-state index is 0.119. The maximum atomic E-state index is 11.1. The summed E-state index contributed by atoms with van der Waals surface area (Å²) in [6.07, 6.45) is -1.75. The lowest BCUT2D eigenvalue weighted by molar-refractivity contribution is 0.103. The molecule has 0 aromatic heterocycles. The van der Waals surface area contributed by atoms with Crippen molar-refractivity contribution in [3.05, 3.63) is 0 Å². The van der Waals surface area contributed by atoms with Gasteiger partial charge >= 0.3 is 20.8 Å². The third-order valence-electron chi connectivity index (χ3n) is 3.00. The Hall–Kier alpha value is -0.260. The molecule has 4 unspecified atom stereocenters. The predicted molar refractivity (Wildman–Crippen MR) is 51.2 cm³/mol. The summed E-state index contributed by atoms with van der Waals surface area (Å²) in [4.78, 5) is 0. The van der Waals surface area contributed by atoms with E-state index >= 15 is 0 Å². The highest BCUT2D eigenvalue weighted by molar-refractivity contribution is 7.82. The van der Waals surface area contributed by atoms with Crippen LogP contribution in [-0.4, -0.2) is 41.3 Å². The van der Waals surface area contributed by atoms with Crippen molar-refractivity contribution in [1.82, 2.24) is 0 Å². The van der Waals surface area contributed by atoms with Gasteiger partial charge in [0.15, 0.2) is 0 Å². The molecular formula is C7H10O8S2. The number of hydrogen-bond donors (Lipinski definition) is 0. The topological polar surface area (TPSA) is 105 Å². The Morgan fingerprint density at radius 1 is 0.647 bits per heavy atom. The Bertz CT molecular complexity index is 474. The summed E-state index contributed by atoms with van der Waals surface area (Å²) < 4.78 is 63.3. The van der Waals surface area contributed by atoms with Crippen LogP contribution < -0.4 is 0 Å². The molecule has 4 atom stereocenters. The van der Waals surface area contributed by atoms with Crippen molar-refractivity contribution in [3.63, 3.8) is 0 Å². The van der Waals surface area contributed by atoms with Gasteiger partial charge in [0, 0.05) is 6.42 Å². The number of rotatable bonds is 0. The second-order valence-electron chi connectivity index (χ2n) is 4.17. The molecule has 17 heavy (non-hydrogen) atoms. The van der Waals surface area contributed by atoms with Gasteiger partial charge in [-0.3, -0.25) is 0 Å². The SMILES string of the molecule is O=S1(=O)OC2CCC3OS(=O)(=O)OC3CC2O1. The first kappa shape index (κ1) is 11.8. The van der Waals surface area contributed by atoms with E-state index in [1.54, 1.807) is 0 Å². The Kier molecular flexibility index (Phi) is 2.51. The molecule has 0 spiro atoms. The lowest BCUT2D eigenvalue weighted by Crippen LogP contribution is -2.27. The van der Waals surface area contributed by atoms with Crippen LogP contribution in [-0.2, 0) is 37.5 Å². The molecule has 2 heterocycles. The van der Waals surface area contributed by atoms with Crippen molar-refractivity contribution in [2.45, 2.75) is 43.7 Å². The van der Waals surface area contributed by atoms with Crippen LogP contribution >= 0.6 is 0 Å². The summed E-state index contributed by atoms with van der Waals surface area (Å²) >= 11 is 0. The molecule has 3 rings (SSSR count). The lowest BCUT2D eigenvalue weighted by atomic mass is 10.1. The van der Waals surface area contributed by atoms with Gasteiger partial charge in [0.05, 0.1) is 0 Å². The van der Waals surface area contributed by atoms with Gasteiger partial charge in [0.25, 0.3) is 0 Å². The van der Waals surface area contributed by atoms with E-state index in [0.717, 1.165) is 0 Å². The molecule has 2 saturated heterocycles. The van der Waals surface area contributed by atoms with Crippen molar-refractivity contribution in [2.75, 3.05) is 0 Å². The van der Waals surface area contributed by atoms with E-state index in [1.807, 2.05) is 0 Å². The van der Waals surface area contributed by atoms with E-state index in [9.17, 15) is 16.8 Å². The van der Waals surface area contributed by atoms with E-state index < -0.39 is 45.2 Å². The van der Waals surface area contributed by atoms with Crippen LogP contribution in [0.2, 0.25) is 0 Å². The van der Waals surface area contributed by atoms with Crippen LogP contribution in [0.15, 0.2) is 0 Å². The summed E-state index contributed by atoms with van der Waals surface area (Å²) in [6, 6.07) is 0. The zero-order valence-corrected chi connectivity index (χ0v) is 10.1. The first-order chi connectivity index (χ1) is 7.85. The molecule has 2 aliphatic heterocycles. The van der Waals surface area contributed by atoms with Gasteiger partial charge in [-0.2, -0.15) is 16.8 Å².